The van der Waals surface area contributed by atoms with Crippen LogP contribution in [0.5, 0.6) is 0 Å². The molecule has 0 saturated heterocycles. The highest BCUT2D eigenvalue weighted by atomic mass is 15.0. The zero-order chi connectivity index (χ0) is 16.3. The molecule has 2 heteroatoms. The molecule has 3 aliphatic rings. The van der Waals surface area contributed by atoms with Crippen LogP contribution in [0.2, 0.25) is 0 Å². The quantitative estimate of drug-likeness (QED) is 0.725. The van der Waals surface area contributed by atoms with Crippen molar-refractivity contribution in [3.05, 3.63) is 83.1 Å². The number of anilines is 2. The molecule has 2 aromatic rings. The molecular formula is C22H22N2. The molecule has 2 aromatic carbocycles. The SMILES string of the molecule is CC1(C)C2=C(Nc3ccccc31)C1Nc3ccccc3CC1C=C2. The van der Waals surface area contributed by atoms with Crippen LogP contribution in [0.1, 0.15) is 25.0 Å². The van der Waals surface area contributed by atoms with Crippen LogP contribution < -0.4 is 10.6 Å². The molecule has 120 valence electrons. The van der Waals surface area contributed by atoms with Gasteiger partial charge in [-0.05, 0) is 35.3 Å². The van der Waals surface area contributed by atoms with E-state index in [1.165, 1.54) is 33.8 Å². The summed E-state index contributed by atoms with van der Waals surface area (Å²) in [6.45, 7) is 4.67. The first-order valence-electron chi connectivity index (χ1n) is 8.78. The van der Waals surface area contributed by atoms with E-state index in [2.05, 4.69) is 85.2 Å². The van der Waals surface area contributed by atoms with E-state index in [4.69, 9.17) is 0 Å². The van der Waals surface area contributed by atoms with E-state index in [-0.39, 0.29) is 5.41 Å². The van der Waals surface area contributed by atoms with E-state index in [0.717, 1.165) is 6.42 Å². The standard InChI is InChI=1S/C22H22N2/c1-22(2)16-8-4-6-10-19(16)24-21-17(22)12-11-15-13-14-7-3-5-9-18(14)23-20(15)21/h3-12,15,20,23-24H,13H2,1-2H3. The van der Waals surface area contributed by atoms with Crippen molar-refractivity contribution in [2.75, 3.05) is 10.6 Å². The van der Waals surface area contributed by atoms with Gasteiger partial charge < -0.3 is 10.6 Å². The average Bonchev–Trinajstić information content (AvgIpc) is 2.60. The molecule has 2 aliphatic heterocycles. The van der Waals surface area contributed by atoms with Gasteiger partial charge in [0, 0.05) is 28.4 Å². The topological polar surface area (TPSA) is 24.1 Å². The molecule has 0 bridgehead atoms. The van der Waals surface area contributed by atoms with Crippen molar-refractivity contribution in [1.29, 1.82) is 0 Å². The number of rotatable bonds is 0. The van der Waals surface area contributed by atoms with Crippen LogP contribution in [-0.4, -0.2) is 6.04 Å². The number of benzene rings is 2. The number of para-hydroxylation sites is 2. The van der Waals surface area contributed by atoms with Crippen LogP contribution in [0.15, 0.2) is 72.0 Å². The minimum atomic E-state index is 0.0251. The monoisotopic (exact) mass is 314 g/mol. The Bertz CT molecular complexity index is 888. The summed E-state index contributed by atoms with van der Waals surface area (Å²) in [6.07, 6.45) is 5.86. The summed E-state index contributed by atoms with van der Waals surface area (Å²) in [4.78, 5) is 0. The van der Waals surface area contributed by atoms with Crippen molar-refractivity contribution in [3.63, 3.8) is 0 Å². The van der Waals surface area contributed by atoms with Gasteiger partial charge in [-0.3, -0.25) is 0 Å². The van der Waals surface area contributed by atoms with Crippen molar-refractivity contribution < 1.29 is 0 Å². The van der Waals surface area contributed by atoms with Crippen LogP contribution in [-0.2, 0) is 11.8 Å². The molecule has 2 atom stereocenters. The first kappa shape index (κ1) is 13.9. The zero-order valence-corrected chi connectivity index (χ0v) is 14.1. The average molecular weight is 314 g/mol. The highest BCUT2D eigenvalue weighted by molar-refractivity contribution is 5.70. The van der Waals surface area contributed by atoms with E-state index in [9.17, 15) is 0 Å². The third-order valence-corrected chi connectivity index (χ3v) is 5.87. The fraction of sp³-hybridized carbons (Fsp3) is 0.273. The molecule has 0 fully saturated rings. The van der Waals surface area contributed by atoms with Gasteiger partial charge in [-0.1, -0.05) is 62.4 Å². The van der Waals surface area contributed by atoms with Gasteiger partial charge in [0.15, 0.2) is 0 Å². The highest BCUT2D eigenvalue weighted by Crippen LogP contribution is 2.47. The highest BCUT2D eigenvalue weighted by Gasteiger charge is 2.41. The predicted molar refractivity (Wildman–Crippen MR) is 100 cm³/mol. The van der Waals surface area contributed by atoms with Crippen molar-refractivity contribution in [3.8, 4) is 0 Å². The minimum Gasteiger partial charge on any atom is -0.376 e. The van der Waals surface area contributed by atoms with Crippen LogP contribution in [0, 0.1) is 5.92 Å². The number of hydrogen-bond acceptors (Lipinski definition) is 2. The predicted octanol–water partition coefficient (Wildman–Crippen LogP) is 4.87. The Morgan fingerprint density at radius 3 is 2.58 bits per heavy atom. The largest absolute Gasteiger partial charge is 0.376 e. The Hall–Kier alpha value is -2.48. The first-order valence-corrected chi connectivity index (χ1v) is 8.78. The maximum Gasteiger partial charge on any atom is 0.0732 e. The third kappa shape index (κ3) is 1.83. The Morgan fingerprint density at radius 2 is 1.71 bits per heavy atom. The number of allylic oxidation sites excluding steroid dienone is 2. The molecular weight excluding hydrogens is 292 g/mol. The molecule has 0 aromatic heterocycles. The lowest BCUT2D eigenvalue weighted by Crippen LogP contribution is -2.44. The summed E-state index contributed by atoms with van der Waals surface area (Å²) in [5.41, 5.74) is 8.11. The smallest absolute Gasteiger partial charge is 0.0732 e. The molecule has 2 heterocycles. The zero-order valence-electron chi connectivity index (χ0n) is 14.1. The molecule has 0 radical (unpaired) electrons. The molecule has 0 spiro atoms. The summed E-state index contributed by atoms with van der Waals surface area (Å²) >= 11 is 0. The number of nitrogens with one attached hydrogen (secondary N) is 2. The fourth-order valence-corrected chi connectivity index (χ4v) is 4.55. The van der Waals surface area contributed by atoms with Crippen LogP contribution in [0.25, 0.3) is 0 Å². The van der Waals surface area contributed by atoms with Crippen LogP contribution in [0.4, 0.5) is 11.4 Å². The summed E-state index contributed by atoms with van der Waals surface area (Å²) in [5, 5.41) is 7.55. The Morgan fingerprint density at radius 1 is 0.958 bits per heavy atom. The second-order valence-corrected chi connectivity index (χ2v) is 7.63. The molecule has 2 N–H and O–H groups in total. The number of hydrogen-bond donors (Lipinski definition) is 2. The van der Waals surface area contributed by atoms with Gasteiger partial charge in [-0.2, -0.15) is 0 Å². The lowest BCUT2D eigenvalue weighted by molar-refractivity contribution is 0.523. The molecule has 0 amide bonds. The second-order valence-electron chi connectivity index (χ2n) is 7.63. The molecule has 0 saturated carbocycles. The summed E-state index contributed by atoms with van der Waals surface area (Å²) in [6, 6.07) is 17.7. The molecule has 1 aliphatic carbocycles. The van der Waals surface area contributed by atoms with Gasteiger partial charge in [0.1, 0.15) is 0 Å². The third-order valence-electron chi connectivity index (χ3n) is 5.87. The maximum absolute atomic E-state index is 3.80. The molecule has 2 unspecified atom stereocenters. The van der Waals surface area contributed by atoms with Gasteiger partial charge in [0.25, 0.3) is 0 Å². The van der Waals surface area contributed by atoms with E-state index in [1.807, 2.05) is 0 Å². The lowest BCUT2D eigenvalue weighted by Gasteiger charge is -2.45. The summed E-state index contributed by atoms with van der Waals surface area (Å²) in [5.74, 6) is 0.507. The fourth-order valence-electron chi connectivity index (χ4n) is 4.55. The Kier molecular flexibility index (Phi) is 2.76. The molecule has 2 nitrogen and oxygen atoms in total. The molecule has 5 rings (SSSR count). The normalized spacial score (nSPS) is 25.6. The second kappa shape index (κ2) is 4.76. The van der Waals surface area contributed by atoms with Crippen molar-refractivity contribution in [1.82, 2.24) is 0 Å². The van der Waals surface area contributed by atoms with Gasteiger partial charge in [0.05, 0.1) is 6.04 Å². The first-order chi connectivity index (χ1) is 11.6. The van der Waals surface area contributed by atoms with Gasteiger partial charge in [0.2, 0.25) is 0 Å². The Balaban J connectivity index is 1.63. The van der Waals surface area contributed by atoms with Crippen LogP contribution in [0.3, 0.4) is 0 Å². The molecule has 24 heavy (non-hydrogen) atoms. The van der Waals surface area contributed by atoms with Gasteiger partial charge >= 0.3 is 0 Å². The van der Waals surface area contributed by atoms with Crippen molar-refractivity contribution in [2.45, 2.75) is 31.7 Å². The van der Waals surface area contributed by atoms with E-state index in [1.54, 1.807) is 0 Å². The summed E-state index contributed by atoms with van der Waals surface area (Å²) < 4.78 is 0. The Labute approximate surface area is 143 Å². The van der Waals surface area contributed by atoms with E-state index >= 15 is 0 Å². The van der Waals surface area contributed by atoms with Crippen LogP contribution >= 0.6 is 0 Å². The van der Waals surface area contributed by atoms with Crippen molar-refractivity contribution in [2.24, 2.45) is 5.92 Å². The lowest BCUT2D eigenvalue weighted by atomic mass is 9.68. The maximum atomic E-state index is 3.80. The van der Waals surface area contributed by atoms with E-state index in [0.29, 0.717) is 12.0 Å². The van der Waals surface area contributed by atoms with Gasteiger partial charge in [-0.25, -0.2) is 0 Å². The van der Waals surface area contributed by atoms with Crippen molar-refractivity contribution >= 4 is 11.4 Å². The minimum absolute atomic E-state index is 0.0251. The summed E-state index contributed by atoms with van der Waals surface area (Å²) in [7, 11) is 0. The number of fused-ring (bicyclic) bond motifs is 4. The van der Waals surface area contributed by atoms with Gasteiger partial charge in [-0.15, -0.1) is 0 Å². The van der Waals surface area contributed by atoms with E-state index < -0.39 is 0 Å².